The van der Waals surface area contributed by atoms with E-state index in [0.29, 0.717) is 0 Å². The zero-order valence-electron chi connectivity index (χ0n) is 16.1. The number of nitrogens with one attached hydrogen (secondary N) is 2. The molecule has 1 aromatic heterocycles. The van der Waals surface area contributed by atoms with Crippen molar-refractivity contribution in [1.82, 2.24) is 19.7 Å². The third-order valence-corrected chi connectivity index (χ3v) is 5.25. The fourth-order valence-corrected chi connectivity index (χ4v) is 3.33. The van der Waals surface area contributed by atoms with Gasteiger partial charge in [0.2, 0.25) is 21.9 Å². The molecule has 0 aliphatic heterocycles. The number of hydrogen-bond donors (Lipinski definition) is 3. The van der Waals surface area contributed by atoms with E-state index in [9.17, 15) is 13.2 Å². The first-order valence-corrected chi connectivity index (χ1v) is 10.3. The van der Waals surface area contributed by atoms with Gasteiger partial charge < -0.3 is 15.8 Å². The number of nitrogens with two attached hydrogens (primary N) is 1. The summed E-state index contributed by atoms with van der Waals surface area (Å²) >= 11 is 0. The van der Waals surface area contributed by atoms with Crippen molar-refractivity contribution in [3.8, 4) is 0 Å². The lowest BCUT2D eigenvalue weighted by Gasteiger charge is -2.09. The lowest BCUT2D eigenvalue weighted by atomic mass is 10.2. The summed E-state index contributed by atoms with van der Waals surface area (Å²) in [6.07, 6.45) is 0. The summed E-state index contributed by atoms with van der Waals surface area (Å²) in [6.45, 7) is 1.02. The molecule has 3 rings (SSSR count). The summed E-state index contributed by atoms with van der Waals surface area (Å²) in [5.74, 6) is -0.521. The van der Waals surface area contributed by atoms with Crippen molar-refractivity contribution in [3.63, 3.8) is 0 Å². The van der Waals surface area contributed by atoms with E-state index >= 15 is 0 Å². The number of nitrogens with zero attached hydrogens (tertiary/aromatic N) is 3. The SMILES string of the molecule is Cc1ccc(S(=O)(=O)NCC(=O)OCc2nc(N)nc(Nc3ccccc3)n2)cc1. The van der Waals surface area contributed by atoms with E-state index in [0.717, 1.165) is 11.3 Å². The number of sulfonamides is 1. The van der Waals surface area contributed by atoms with Gasteiger partial charge in [-0.25, -0.2) is 8.42 Å². The zero-order valence-corrected chi connectivity index (χ0v) is 16.9. The van der Waals surface area contributed by atoms with E-state index in [4.69, 9.17) is 10.5 Å². The monoisotopic (exact) mass is 428 g/mol. The second-order valence-corrected chi connectivity index (χ2v) is 7.99. The van der Waals surface area contributed by atoms with Crippen LogP contribution in [0.1, 0.15) is 11.4 Å². The minimum atomic E-state index is -3.83. The average molecular weight is 428 g/mol. The quantitative estimate of drug-likeness (QED) is 0.454. The van der Waals surface area contributed by atoms with Crippen LogP contribution in [-0.4, -0.2) is 35.9 Å². The van der Waals surface area contributed by atoms with Crippen LogP contribution in [0.15, 0.2) is 59.5 Å². The second kappa shape index (κ2) is 9.29. The molecular formula is C19H20N6O4S. The molecule has 156 valence electrons. The highest BCUT2D eigenvalue weighted by atomic mass is 32.2. The van der Waals surface area contributed by atoms with Crippen LogP contribution in [0.2, 0.25) is 0 Å². The topological polar surface area (TPSA) is 149 Å². The van der Waals surface area contributed by atoms with Crippen LogP contribution >= 0.6 is 0 Å². The molecule has 0 atom stereocenters. The minimum Gasteiger partial charge on any atom is -0.456 e. The number of nitrogen functional groups attached to an aromatic ring is 1. The number of aryl methyl sites for hydroxylation is 1. The summed E-state index contributed by atoms with van der Waals surface area (Å²) in [4.78, 5) is 24.0. The molecule has 0 aliphatic carbocycles. The molecule has 10 nitrogen and oxygen atoms in total. The van der Waals surface area contributed by atoms with Gasteiger partial charge in [0.05, 0.1) is 4.90 Å². The van der Waals surface area contributed by atoms with Gasteiger partial charge in [-0.05, 0) is 31.2 Å². The summed E-state index contributed by atoms with van der Waals surface area (Å²) in [7, 11) is -3.83. The molecule has 0 spiro atoms. The Morgan fingerprint density at radius 3 is 2.43 bits per heavy atom. The van der Waals surface area contributed by atoms with Gasteiger partial charge in [-0.2, -0.15) is 19.7 Å². The maximum atomic E-state index is 12.2. The van der Waals surface area contributed by atoms with Crippen molar-refractivity contribution >= 4 is 33.6 Å². The van der Waals surface area contributed by atoms with Crippen molar-refractivity contribution < 1.29 is 17.9 Å². The van der Waals surface area contributed by atoms with Gasteiger partial charge in [0.15, 0.2) is 12.4 Å². The van der Waals surface area contributed by atoms with Crippen LogP contribution in [0, 0.1) is 6.92 Å². The minimum absolute atomic E-state index is 0.0467. The fraction of sp³-hybridized carbons (Fsp3) is 0.158. The van der Waals surface area contributed by atoms with Crippen LogP contribution < -0.4 is 15.8 Å². The first-order valence-electron chi connectivity index (χ1n) is 8.86. The Hall–Kier alpha value is -3.57. The molecular weight excluding hydrogens is 408 g/mol. The van der Waals surface area contributed by atoms with Gasteiger partial charge in [-0.1, -0.05) is 35.9 Å². The molecule has 0 fully saturated rings. The first kappa shape index (κ1) is 21.1. The predicted molar refractivity (Wildman–Crippen MR) is 110 cm³/mol. The lowest BCUT2D eigenvalue weighted by molar-refractivity contribution is -0.143. The average Bonchev–Trinajstić information content (AvgIpc) is 2.71. The predicted octanol–water partition coefficient (Wildman–Crippen LogP) is 1.53. The number of anilines is 3. The van der Waals surface area contributed by atoms with Crippen molar-refractivity contribution in [1.29, 1.82) is 0 Å². The Bertz CT molecular complexity index is 1120. The van der Waals surface area contributed by atoms with Gasteiger partial charge >= 0.3 is 5.97 Å². The molecule has 0 saturated heterocycles. The molecule has 30 heavy (non-hydrogen) atoms. The Labute approximate surface area is 173 Å². The van der Waals surface area contributed by atoms with Gasteiger partial charge in [0.25, 0.3) is 0 Å². The highest BCUT2D eigenvalue weighted by molar-refractivity contribution is 7.89. The molecule has 2 aromatic carbocycles. The third kappa shape index (κ3) is 5.96. The highest BCUT2D eigenvalue weighted by Gasteiger charge is 2.16. The molecule has 0 aliphatic rings. The number of para-hydroxylation sites is 1. The van der Waals surface area contributed by atoms with Crippen LogP contribution in [-0.2, 0) is 26.2 Å². The maximum Gasteiger partial charge on any atom is 0.321 e. The fourth-order valence-electron chi connectivity index (χ4n) is 2.36. The molecule has 0 saturated carbocycles. The van der Waals surface area contributed by atoms with Crippen LogP contribution in [0.3, 0.4) is 0 Å². The lowest BCUT2D eigenvalue weighted by Crippen LogP contribution is -2.30. The van der Waals surface area contributed by atoms with Gasteiger partial charge in [0, 0.05) is 5.69 Å². The van der Waals surface area contributed by atoms with Gasteiger partial charge in [-0.15, -0.1) is 0 Å². The number of carbonyl (C=O) groups excluding carboxylic acids is 1. The third-order valence-electron chi connectivity index (χ3n) is 3.83. The molecule has 0 bridgehead atoms. The molecule has 0 unspecified atom stereocenters. The van der Waals surface area contributed by atoms with Crippen LogP contribution in [0.5, 0.6) is 0 Å². The van der Waals surface area contributed by atoms with Gasteiger partial charge in [0.1, 0.15) is 6.54 Å². The van der Waals surface area contributed by atoms with E-state index in [2.05, 4.69) is 25.0 Å². The summed E-state index contributed by atoms with van der Waals surface area (Å²) in [5.41, 5.74) is 7.34. The van der Waals surface area contributed by atoms with Crippen molar-refractivity contribution in [2.75, 3.05) is 17.6 Å². The van der Waals surface area contributed by atoms with E-state index in [1.165, 1.54) is 12.1 Å². The molecule has 1 heterocycles. The molecule has 4 N–H and O–H groups in total. The molecule has 0 amide bonds. The van der Waals surface area contributed by atoms with E-state index < -0.39 is 22.5 Å². The first-order chi connectivity index (χ1) is 14.3. The van der Waals surface area contributed by atoms with E-state index in [1.54, 1.807) is 12.1 Å². The number of esters is 1. The van der Waals surface area contributed by atoms with Crippen molar-refractivity contribution in [3.05, 3.63) is 66.0 Å². The van der Waals surface area contributed by atoms with E-state index in [-0.39, 0.29) is 29.2 Å². The Morgan fingerprint density at radius 1 is 1.03 bits per heavy atom. The smallest absolute Gasteiger partial charge is 0.321 e. The zero-order chi connectivity index (χ0) is 21.6. The Kier molecular flexibility index (Phi) is 6.54. The van der Waals surface area contributed by atoms with E-state index in [1.807, 2.05) is 37.3 Å². The normalized spacial score (nSPS) is 11.1. The van der Waals surface area contributed by atoms with Crippen molar-refractivity contribution in [2.45, 2.75) is 18.4 Å². The van der Waals surface area contributed by atoms with Crippen LogP contribution in [0.25, 0.3) is 0 Å². The van der Waals surface area contributed by atoms with Gasteiger partial charge in [-0.3, -0.25) is 4.79 Å². The maximum absolute atomic E-state index is 12.2. The van der Waals surface area contributed by atoms with Crippen molar-refractivity contribution in [2.24, 2.45) is 0 Å². The number of aromatic nitrogens is 3. The molecule has 0 radical (unpaired) electrons. The Balaban J connectivity index is 1.56. The summed E-state index contributed by atoms with van der Waals surface area (Å²) in [6, 6.07) is 15.4. The number of benzene rings is 2. The number of hydrogen-bond acceptors (Lipinski definition) is 9. The number of rotatable bonds is 8. The molecule has 3 aromatic rings. The number of carbonyl (C=O) groups is 1. The summed E-state index contributed by atoms with van der Waals surface area (Å²) < 4.78 is 31.6. The highest BCUT2D eigenvalue weighted by Crippen LogP contribution is 2.13. The largest absolute Gasteiger partial charge is 0.456 e. The summed E-state index contributed by atoms with van der Waals surface area (Å²) in [5, 5.41) is 2.97. The van der Waals surface area contributed by atoms with Crippen LogP contribution in [0.4, 0.5) is 17.6 Å². The second-order valence-electron chi connectivity index (χ2n) is 6.22. The Morgan fingerprint density at radius 2 is 1.73 bits per heavy atom. The number of ether oxygens (including phenoxy) is 1. The standard InChI is InChI=1S/C19H20N6O4S/c1-13-7-9-15(10-8-13)30(27,28)21-11-17(26)29-12-16-23-18(20)25-19(24-16)22-14-5-3-2-4-6-14/h2-10,21H,11-12H2,1H3,(H3,20,22,23,24,25). The molecule has 11 heteroatoms.